The zero-order valence-electron chi connectivity index (χ0n) is 7.33. The Balaban J connectivity index is 1.89. The average Bonchev–Trinajstić information content (AvgIpc) is 2.53. The predicted octanol–water partition coefficient (Wildman–Crippen LogP) is 2.59. The summed E-state index contributed by atoms with van der Waals surface area (Å²) in [5.41, 5.74) is 0. The molecule has 1 fully saturated rings. The predicted molar refractivity (Wildman–Crippen MR) is 59.0 cm³/mol. The molecule has 0 radical (unpaired) electrons. The number of thioether (sulfide) groups is 1. The molecule has 0 N–H and O–H groups in total. The van der Waals surface area contributed by atoms with Crippen molar-refractivity contribution in [3.8, 4) is 0 Å². The van der Waals surface area contributed by atoms with Crippen molar-refractivity contribution >= 4 is 27.7 Å². The maximum absolute atomic E-state index is 5.45. The van der Waals surface area contributed by atoms with E-state index in [1.165, 1.54) is 24.6 Å². The number of halogens is 1. The standard InChI is InChI=1S/C9H12BrNOS/c10-9-2-1-8(12-9)7-11-3-5-13-6-4-11/h1-2H,3-7H2. The maximum atomic E-state index is 5.45. The SMILES string of the molecule is Brc1ccc(CN2CCSCC2)o1. The van der Waals surface area contributed by atoms with Crippen LogP contribution < -0.4 is 0 Å². The Morgan fingerprint density at radius 2 is 2.15 bits per heavy atom. The summed E-state index contributed by atoms with van der Waals surface area (Å²) < 4.78 is 6.28. The fourth-order valence-corrected chi connectivity index (χ4v) is 2.74. The smallest absolute Gasteiger partial charge is 0.169 e. The zero-order valence-corrected chi connectivity index (χ0v) is 9.73. The van der Waals surface area contributed by atoms with Crippen LogP contribution in [0.25, 0.3) is 0 Å². The summed E-state index contributed by atoms with van der Waals surface area (Å²) in [6.07, 6.45) is 0. The van der Waals surface area contributed by atoms with Gasteiger partial charge in [-0.3, -0.25) is 4.90 Å². The summed E-state index contributed by atoms with van der Waals surface area (Å²) >= 11 is 5.34. The first kappa shape index (κ1) is 9.62. The second-order valence-electron chi connectivity index (χ2n) is 3.09. The molecule has 1 aromatic heterocycles. The van der Waals surface area contributed by atoms with Gasteiger partial charge in [0.05, 0.1) is 6.54 Å². The minimum absolute atomic E-state index is 0.828. The van der Waals surface area contributed by atoms with Gasteiger partial charge in [0, 0.05) is 24.6 Å². The van der Waals surface area contributed by atoms with Crippen molar-refractivity contribution in [2.24, 2.45) is 0 Å². The van der Waals surface area contributed by atoms with Crippen molar-refractivity contribution in [3.63, 3.8) is 0 Å². The molecule has 72 valence electrons. The molecule has 4 heteroatoms. The third kappa shape index (κ3) is 2.76. The van der Waals surface area contributed by atoms with Crippen LogP contribution in [-0.2, 0) is 6.54 Å². The number of rotatable bonds is 2. The van der Waals surface area contributed by atoms with Gasteiger partial charge in [0.1, 0.15) is 5.76 Å². The first-order chi connectivity index (χ1) is 6.34. The summed E-state index contributed by atoms with van der Waals surface area (Å²) in [7, 11) is 0. The summed E-state index contributed by atoms with van der Waals surface area (Å²) in [6.45, 7) is 3.32. The van der Waals surface area contributed by atoms with Crippen LogP contribution in [0.3, 0.4) is 0 Å². The third-order valence-corrected chi connectivity index (χ3v) is 3.48. The summed E-state index contributed by atoms with van der Waals surface area (Å²) in [4.78, 5) is 2.43. The molecule has 0 saturated carbocycles. The molecule has 1 saturated heterocycles. The van der Waals surface area contributed by atoms with Gasteiger partial charge in [-0.1, -0.05) is 0 Å². The van der Waals surface area contributed by atoms with Gasteiger partial charge >= 0.3 is 0 Å². The molecule has 0 amide bonds. The Morgan fingerprint density at radius 3 is 2.77 bits per heavy atom. The van der Waals surface area contributed by atoms with Crippen molar-refractivity contribution in [2.45, 2.75) is 6.54 Å². The lowest BCUT2D eigenvalue weighted by atomic mass is 10.4. The Morgan fingerprint density at radius 1 is 1.38 bits per heavy atom. The fourth-order valence-electron chi connectivity index (χ4n) is 1.42. The van der Waals surface area contributed by atoms with Crippen LogP contribution in [0.1, 0.15) is 5.76 Å². The van der Waals surface area contributed by atoms with E-state index in [2.05, 4.69) is 20.8 Å². The molecule has 2 nitrogen and oxygen atoms in total. The molecule has 1 aliphatic heterocycles. The van der Waals surface area contributed by atoms with E-state index in [-0.39, 0.29) is 0 Å². The largest absolute Gasteiger partial charge is 0.453 e. The fraction of sp³-hybridized carbons (Fsp3) is 0.556. The molecule has 2 rings (SSSR count). The van der Waals surface area contributed by atoms with Gasteiger partial charge in [0.2, 0.25) is 0 Å². The first-order valence-electron chi connectivity index (χ1n) is 4.39. The summed E-state index contributed by atoms with van der Waals surface area (Å²) in [5, 5.41) is 0. The van der Waals surface area contributed by atoms with Crippen LogP contribution in [0.15, 0.2) is 21.2 Å². The van der Waals surface area contributed by atoms with E-state index in [4.69, 9.17) is 4.42 Å². The normalized spacial score (nSPS) is 19.2. The Labute approximate surface area is 90.8 Å². The molecular weight excluding hydrogens is 250 g/mol. The quantitative estimate of drug-likeness (QED) is 0.815. The van der Waals surface area contributed by atoms with E-state index < -0.39 is 0 Å². The number of nitrogens with zero attached hydrogens (tertiary/aromatic N) is 1. The molecule has 0 aromatic carbocycles. The minimum Gasteiger partial charge on any atom is -0.453 e. The van der Waals surface area contributed by atoms with Crippen molar-refractivity contribution in [3.05, 3.63) is 22.6 Å². The van der Waals surface area contributed by atoms with Gasteiger partial charge < -0.3 is 4.42 Å². The number of hydrogen-bond acceptors (Lipinski definition) is 3. The first-order valence-corrected chi connectivity index (χ1v) is 6.34. The van der Waals surface area contributed by atoms with Crippen molar-refractivity contribution in [1.29, 1.82) is 0 Å². The molecule has 0 spiro atoms. The van der Waals surface area contributed by atoms with E-state index >= 15 is 0 Å². The number of furan rings is 1. The number of hydrogen-bond donors (Lipinski definition) is 0. The van der Waals surface area contributed by atoms with Gasteiger partial charge in [0.15, 0.2) is 4.67 Å². The molecule has 1 aliphatic rings. The van der Waals surface area contributed by atoms with E-state index in [0.29, 0.717) is 0 Å². The van der Waals surface area contributed by atoms with E-state index in [1.807, 2.05) is 23.9 Å². The highest BCUT2D eigenvalue weighted by Gasteiger charge is 2.12. The van der Waals surface area contributed by atoms with E-state index in [0.717, 1.165) is 17.0 Å². The summed E-state index contributed by atoms with van der Waals surface area (Å²) in [6, 6.07) is 3.99. The van der Waals surface area contributed by atoms with E-state index in [1.54, 1.807) is 0 Å². The lowest BCUT2D eigenvalue weighted by Gasteiger charge is -2.24. The average molecular weight is 262 g/mol. The van der Waals surface area contributed by atoms with Crippen LogP contribution in [-0.4, -0.2) is 29.5 Å². The topological polar surface area (TPSA) is 16.4 Å². The van der Waals surface area contributed by atoms with Crippen molar-refractivity contribution in [2.75, 3.05) is 24.6 Å². The monoisotopic (exact) mass is 261 g/mol. The highest BCUT2D eigenvalue weighted by atomic mass is 79.9. The molecule has 2 heterocycles. The Bertz CT molecular complexity index is 270. The molecule has 0 atom stereocenters. The molecular formula is C9H12BrNOS. The maximum Gasteiger partial charge on any atom is 0.169 e. The van der Waals surface area contributed by atoms with Gasteiger partial charge in [-0.2, -0.15) is 11.8 Å². The molecule has 13 heavy (non-hydrogen) atoms. The minimum atomic E-state index is 0.828. The van der Waals surface area contributed by atoms with Crippen LogP contribution in [0, 0.1) is 0 Å². The van der Waals surface area contributed by atoms with Crippen LogP contribution in [0.4, 0.5) is 0 Å². The van der Waals surface area contributed by atoms with Crippen molar-refractivity contribution < 1.29 is 4.42 Å². The van der Waals surface area contributed by atoms with Gasteiger partial charge in [-0.25, -0.2) is 0 Å². The summed E-state index contributed by atoms with van der Waals surface area (Å²) in [5.74, 6) is 3.56. The van der Waals surface area contributed by atoms with Crippen LogP contribution in [0.5, 0.6) is 0 Å². The molecule has 1 aromatic rings. The second kappa shape index (κ2) is 4.53. The molecule has 0 aliphatic carbocycles. The van der Waals surface area contributed by atoms with E-state index in [9.17, 15) is 0 Å². The highest BCUT2D eigenvalue weighted by molar-refractivity contribution is 9.10. The van der Waals surface area contributed by atoms with Crippen LogP contribution >= 0.6 is 27.7 Å². The van der Waals surface area contributed by atoms with Gasteiger partial charge in [-0.05, 0) is 28.1 Å². The van der Waals surface area contributed by atoms with Crippen molar-refractivity contribution in [1.82, 2.24) is 4.90 Å². The zero-order chi connectivity index (χ0) is 9.10. The lowest BCUT2D eigenvalue weighted by Crippen LogP contribution is -2.31. The van der Waals surface area contributed by atoms with Gasteiger partial charge in [-0.15, -0.1) is 0 Å². The van der Waals surface area contributed by atoms with Crippen LogP contribution in [0.2, 0.25) is 0 Å². The third-order valence-electron chi connectivity index (χ3n) is 2.11. The molecule has 0 bridgehead atoms. The lowest BCUT2D eigenvalue weighted by molar-refractivity contribution is 0.266. The second-order valence-corrected chi connectivity index (χ2v) is 5.10. The Hall–Kier alpha value is 0.0700. The molecule has 0 unspecified atom stereocenters. The highest BCUT2D eigenvalue weighted by Crippen LogP contribution is 2.17. The Kier molecular flexibility index (Phi) is 3.35. The van der Waals surface area contributed by atoms with Gasteiger partial charge in [0.25, 0.3) is 0 Å².